The molecule has 5 rings (SSSR count). The van der Waals surface area contributed by atoms with Crippen molar-refractivity contribution in [2.45, 2.75) is 37.5 Å². The number of halogens is 5. The number of aryl methyl sites for hydroxylation is 1. The van der Waals surface area contributed by atoms with Gasteiger partial charge in [0.15, 0.2) is 22.1 Å². The highest BCUT2D eigenvalue weighted by Gasteiger charge is 2.46. The number of nitrogens with zero attached hydrogens (tertiary/aromatic N) is 2. The van der Waals surface area contributed by atoms with Gasteiger partial charge in [-0.25, -0.2) is 17.2 Å². The molecule has 0 saturated carbocycles. The number of anilines is 1. The SMILES string of the molecule is CS(=O)(=O)CC(=O)Nc1c(-c2ccc(C(F)F)cc2)nn2c1C(=O)N[C@@]1(CCc3cc(OCC(F)(F)F)ccc31)C2. The second-order valence-corrected chi connectivity index (χ2v) is 12.2. The summed E-state index contributed by atoms with van der Waals surface area (Å²) < 4.78 is 93.6. The van der Waals surface area contributed by atoms with Crippen molar-refractivity contribution in [3.8, 4) is 17.0 Å². The Hall–Kier alpha value is -4.01. The Kier molecular flexibility index (Phi) is 7.04. The zero-order valence-electron chi connectivity index (χ0n) is 21.4. The summed E-state index contributed by atoms with van der Waals surface area (Å²) in [5, 5.41) is 9.91. The third kappa shape index (κ3) is 5.89. The third-order valence-electron chi connectivity index (χ3n) is 6.85. The quantitative estimate of drug-likeness (QED) is 0.397. The first-order valence-corrected chi connectivity index (χ1v) is 14.3. The van der Waals surface area contributed by atoms with Gasteiger partial charge in [-0.1, -0.05) is 30.3 Å². The molecule has 1 aliphatic carbocycles. The number of alkyl halides is 5. The smallest absolute Gasteiger partial charge is 0.422 e. The highest BCUT2D eigenvalue weighted by Crippen LogP contribution is 2.44. The lowest BCUT2D eigenvalue weighted by Gasteiger charge is -2.36. The number of rotatable bonds is 7. The first kappa shape index (κ1) is 28.5. The van der Waals surface area contributed by atoms with E-state index in [1.54, 1.807) is 6.07 Å². The molecule has 15 heteroatoms. The van der Waals surface area contributed by atoms with Crippen LogP contribution in [0.25, 0.3) is 11.3 Å². The van der Waals surface area contributed by atoms with Crippen molar-refractivity contribution in [2.24, 2.45) is 0 Å². The number of ether oxygens (including phenoxy) is 1. The van der Waals surface area contributed by atoms with Crippen LogP contribution in [0.3, 0.4) is 0 Å². The molecular formula is C26H23F5N4O5S. The Balaban J connectivity index is 1.52. The van der Waals surface area contributed by atoms with Gasteiger partial charge in [0.1, 0.15) is 22.9 Å². The van der Waals surface area contributed by atoms with E-state index in [1.165, 1.54) is 41.1 Å². The molecule has 218 valence electrons. The van der Waals surface area contributed by atoms with Crippen LogP contribution in [0.2, 0.25) is 0 Å². The average Bonchev–Trinajstić information content (AvgIpc) is 3.39. The van der Waals surface area contributed by atoms with Crippen molar-refractivity contribution in [1.82, 2.24) is 15.1 Å². The van der Waals surface area contributed by atoms with Crippen molar-refractivity contribution in [2.75, 3.05) is 23.9 Å². The molecule has 2 N–H and O–H groups in total. The predicted octanol–water partition coefficient (Wildman–Crippen LogP) is 4.00. The number of sulfone groups is 1. The molecule has 1 aromatic heterocycles. The standard InChI is InChI=1S/C26H23F5N4O5S/c1-41(38,39)11-19(36)32-21-20(14-2-4-15(5-3-14)23(27)28)34-35-12-25(33-24(37)22(21)35)9-8-16-10-17(6-7-18(16)25)40-13-26(29,30)31/h2-7,10,23H,8-9,11-13H2,1H3,(H,32,36)(H,33,37)/t25-/m0/s1. The zero-order valence-corrected chi connectivity index (χ0v) is 22.2. The highest BCUT2D eigenvalue weighted by molar-refractivity contribution is 7.91. The molecule has 41 heavy (non-hydrogen) atoms. The van der Waals surface area contributed by atoms with Crippen molar-refractivity contribution in [3.63, 3.8) is 0 Å². The lowest BCUT2D eigenvalue weighted by molar-refractivity contribution is -0.153. The van der Waals surface area contributed by atoms with E-state index in [2.05, 4.69) is 15.7 Å². The molecule has 0 unspecified atom stereocenters. The van der Waals surface area contributed by atoms with E-state index in [4.69, 9.17) is 4.74 Å². The summed E-state index contributed by atoms with van der Waals surface area (Å²) in [6.07, 6.45) is -5.53. The van der Waals surface area contributed by atoms with Gasteiger partial charge in [-0.15, -0.1) is 0 Å². The summed E-state index contributed by atoms with van der Waals surface area (Å²) in [7, 11) is -3.72. The first-order chi connectivity index (χ1) is 19.1. The van der Waals surface area contributed by atoms with Crippen molar-refractivity contribution in [1.29, 1.82) is 0 Å². The van der Waals surface area contributed by atoms with Crippen LogP contribution in [0, 0.1) is 0 Å². The van der Waals surface area contributed by atoms with Crippen LogP contribution in [0.5, 0.6) is 5.75 Å². The van der Waals surface area contributed by atoms with Crippen molar-refractivity contribution >= 4 is 27.3 Å². The van der Waals surface area contributed by atoms with E-state index in [0.717, 1.165) is 6.26 Å². The number of hydrogen-bond acceptors (Lipinski definition) is 6. The van der Waals surface area contributed by atoms with Gasteiger partial charge in [0.05, 0.1) is 12.1 Å². The molecule has 1 atom stereocenters. The Morgan fingerprint density at radius 2 is 1.90 bits per heavy atom. The summed E-state index contributed by atoms with van der Waals surface area (Å²) in [4.78, 5) is 26.1. The Bertz CT molecular complexity index is 1640. The Morgan fingerprint density at radius 1 is 1.20 bits per heavy atom. The number of carbonyl (C=O) groups excluding carboxylic acids is 2. The minimum Gasteiger partial charge on any atom is -0.484 e. The molecule has 0 radical (unpaired) electrons. The van der Waals surface area contributed by atoms with Gasteiger partial charge < -0.3 is 15.4 Å². The number of amides is 2. The van der Waals surface area contributed by atoms with Crippen LogP contribution in [-0.2, 0) is 33.1 Å². The van der Waals surface area contributed by atoms with Gasteiger partial charge in [-0.05, 0) is 36.1 Å². The molecule has 2 heterocycles. The molecule has 2 aliphatic rings. The van der Waals surface area contributed by atoms with Crippen molar-refractivity contribution in [3.05, 3.63) is 64.8 Å². The van der Waals surface area contributed by atoms with Crippen molar-refractivity contribution < 1.29 is 44.7 Å². The number of hydrogen-bond donors (Lipinski definition) is 2. The fraction of sp³-hybridized carbons (Fsp3) is 0.346. The Morgan fingerprint density at radius 3 is 2.54 bits per heavy atom. The molecule has 2 aromatic carbocycles. The van der Waals surface area contributed by atoms with E-state index in [-0.39, 0.29) is 34.9 Å². The van der Waals surface area contributed by atoms with Gasteiger partial charge in [-0.2, -0.15) is 18.3 Å². The van der Waals surface area contributed by atoms with Gasteiger partial charge >= 0.3 is 6.18 Å². The maximum absolute atomic E-state index is 13.5. The fourth-order valence-electron chi connectivity index (χ4n) is 5.17. The molecule has 0 bridgehead atoms. The van der Waals surface area contributed by atoms with Gasteiger partial charge in [0.25, 0.3) is 12.3 Å². The number of nitrogens with one attached hydrogen (secondary N) is 2. The van der Waals surface area contributed by atoms with Crippen LogP contribution in [0.1, 0.15) is 40.0 Å². The molecule has 0 saturated heterocycles. The lowest BCUT2D eigenvalue weighted by atomic mass is 9.89. The Labute approximate surface area is 230 Å². The summed E-state index contributed by atoms with van der Waals surface area (Å²) in [6.45, 7) is -1.37. The zero-order chi connectivity index (χ0) is 29.7. The second kappa shape index (κ2) is 10.1. The van der Waals surface area contributed by atoms with Crippen LogP contribution >= 0.6 is 0 Å². The maximum Gasteiger partial charge on any atom is 0.422 e. The van der Waals surface area contributed by atoms with Gasteiger partial charge in [0, 0.05) is 17.4 Å². The largest absolute Gasteiger partial charge is 0.484 e. The molecule has 9 nitrogen and oxygen atoms in total. The van der Waals surface area contributed by atoms with Crippen LogP contribution in [0.15, 0.2) is 42.5 Å². The monoisotopic (exact) mass is 598 g/mol. The minimum atomic E-state index is -4.50. The van der Waals surface area contributed by atoms with Crippen LogP contribution in [0.4, 0.5) is 27.6 Å². The third-order valence-corrected chi connectivity index (χ3v) is 7.64. The van der Waals surface area contributed by atoms with Crippen LogP contribution < -0.4 is 15.4 Å². The first-order valence-electron chi connectivity index (χ1n) is 12.3. The number of benzene rings is 2. The molecule has 0 fully saturated rings. The molecule has 1 spiro atoms. The van der Waals surface area contributed by atoms with E-state index in [1.807, 2.05) is 0 Å². The molecule has 2 amide bonds. The van der Waals surface area contributed by atoms with E-state index in [0.29, 0.717) is 29.5 Å². The van der Waals surface area contributed by atoms with E-state index < -0.39 is 52.2 Å². The van der Waals surface area contributed by atoms with E-state index in [9.17, 15) is 40.0 Å². The van der Waals surface area contributed by atoms with Crippen LogP contribution in [-0.4, -0.2) is 54.8 Å². The predicted molar refractivity (Wildman–Crippen MR) is 136 cm³/mol. The highest BCUT2D eigenvalue weighted by atomic mass is 32.2. The number of fused-ring (bicyclic) bond motifs is 3. The summed E-state index contributed by atoms with van der Waals surface area (Å²) in [5.74, 6) is -2.39. The minimum absolute atomic E-state index is 0.0328. The normalized spacial score (nSPS) is 18.3. The fourth-order valence-corrected chi connectivity index (χ4v) is 5.72. The number of aromatic nitrogens is 2. The van der Waals surface area contributed by atoms with E-state index >= 15 is 0 Å². The average molecular weight is 599 g/mol. The molecule has 1 aliphatic heterocycles. The summed E-state index contributed by atoms with van der Waals surface area (Å²) >= 11 is 0. The van der Waals surface area contributed by atoms with Gasteiger partial charge in [0.2, 0.25) is 5.91 Å². The topological polar surface area (TPSA) is 119 Å². The van der Waals surface area contributed by atoms with Gasteiger partial charge in [-0.3, -0.25) is 14.3 Å². The lowest BCUT2D eigenvalue weighted by Crippen LogP contribution is -2.52. The summed E-state index contributed by atoms with van der Waals surface area (Å²) in [6, 6.07) is 9.51. The number of carbonyl (C=O) groups is 2. The maximum atomic E-state index is 13.5. The molecule has 3 aromatic rings. The second-order valence-electron chi connectivity index (χ2n) is 10.0. The molecular weight excluding hydrogens is 575 g/mol. The summed E-state index contributed by atoms with van der Waals surface area (Å²) in [5.41, 5.74) is 0.350.